The fourth-order valence-corrected chi connectivity index (χ4v) is 3.78. The molecule has 0 saturated carbocycles. The predicted octanol–water partition coefficient (Wildman–Crippen LogP) is 7.19. The van der Waals surface area contributed by atoms with Crippen molar-refractivity contribution in [3.8, 4) is 11.1 Å². The SMILES string of the molecule is C/C=C(C)/C=C(/c1ccccc1)c1ccc2c(-c3ccccc3)cc(C)nc2c1N. The zero-order valence-electron chi connectivity index (χ0n) is 17.7. The highest BCUT2D eigenvalue weighted by molar-refractivity contribution is 6.04. The fourth-order valence-electron chi connectivity index (χ4n) is 3.78. The number of rotatable bonds is 4. The van der Waals surface area contributed by atoms with Gasteiger partial charge in [-0.15, -0.1) is 0 Å². The van der Waals surface area contributed by atoms with Crippen LogP contribution in [0.25, 0.3) is 27.6 Å². The number of allylic oxidation sites excluding steroid dienone is 3. The molecule has 0 radical (unpaired) electrons. The molecule has 0 spiro atoms. The molecule has 148 valence electrons. The number of hydrogen-bond acceptors (Lipinski definition) is 2. The molecule has 0 saturated heterocycles. The topological polar surface area (TPSA) is 38.9 Å². The minimum Gasteiger partial charge on any atom is -0.396 e. The Hall–Kier alpha value is -3.65. The van der Waals surface area contributed by atoms with Crippen LogP contribution in [0.15, 0.2) is 96.6 Å². The van der Waals surface area contributed by atoms with E-state index in [4.69, 9.17) is 10.7 Å². The zero-order valence-corrected chi connectivity index (χ0v) is 17.7. The van der Waals surface area contributed by atoms with Crippen molar-refractivity contribution in [1.29, 1.82) is 0 Å². The van der Waals surface area contributed by atoms with Crippen LogP contribution in [0, 0.1) is 6.92 Å². The summed E-state index contributed by atoms with van der Waals surface area (Å²) in [5.74, 6) is 0. The van der Waals surface area contributed by atoms with Gasteiger partial charge in [0.2, 0.25) is 0 Å². The normalized spacial score (nSPS) is 12.4. The molecule has 0 amide bonds. The van der Waals surface area contributed by atoms with Crippen LogP contribution in [0.1, 0.15) is 30.7 Å². The average Bonchev–Trinajstić information content (AvgIpc) is 2.79. The molecule has 2 N–H and O–H groups in total. The number of anilines is 1. The third-order valence-corrected chi connectivity index (χ3v) is 5.44. The largest absolute Gasteiger partial charge is 0.396 e. The molecule has 4 rings (SSSR count). The molecule has 4 aromatic rings. The Morgan fingerprint density at radius 2 is 1.57 bits per heavy atom. The van der Waals surface area contributed by atoms with E-state index in [1.165, 1.54) is 11.1 Å². The minimum absolute atomic E-state index is 0.715. The molecule has 0 atom stereocenters. The van der Waals surface area contributed by atoms with Crippen LogP contribution in [-0.4, -0.2) is 4.98 Å². The number of nitrogens with two attached hydrogens (primary N) is 1. The summed E-state index contributed by atoms with van der Waals surface area (Å²) in [6, 6.07) is 27.2. The van der Waals surface area contributed by atoms with Gasteiger partial charge in [-0.3, -0.25) is 4.98 Å². The number of nitrogen functional groups attached to an aromatic ring is 1. The maximum atomic E-state index is 6.77. The lowest BCUT2D eigenvalue weighted by Crippen LogP contribution is -2.00. The van der Waals surface area contributed by atoms with Crippen LogP contribution in [-0.2, 0) is 0 Å². The zero-order chi connectivity index (χ0) is 21.1. The second kappa shape index (κ2) is 8.38. The Balaban J connectivity index is 1.99. The van der Waals surface area contributed by atoms with E-state index in [2.05, 4.69) is 92.7 Å². The van der Waals surface area contributed by atoms with Crippen LogP contribution in [0.5, 0.6) is 0 Å². The second-order valence-electron chi connectivity index (χ2n) is 7.56. The molecule has 0 fully saturated rings. The highest BCUT2D eigenvalue weighted by Gasteiger charge is 2.15. The van der Waals surface area contributed by atoms with E-state index in [0.29, 0.717) is 5.69 Å². The van der Waals surface area contributed by atoms with Gasteiger partial charge in [-0.2, -0.15) is 0 Å². The highest BCUT2D eigenvalue weighted by Crippen LogP contribution is 2.37. The van der Waals surface area contributed by atoms with Crippen molar-refractivity contribution >= 4 is 22.2 Å². The number of fused-ring (bicyclic) bond motifs is 1. The van der Waals surface area contributed by atoms with Gasteiger partial charge in [0.1, 0.15) is 0 Å². The summed E-state index contributed by atoms with van der Waals surface area (Å²) in [7, 11) is 0. The number of benzene rings is 3. The van der Waals surface area contributed by atoms with Crippen molar-refractivity contribution in [3.05, 3.63) is 113 Å². The molecule has 30 heavy (non-hydrogen) atoms. The number of aromatic nitrogens is 1. The molecule has 0 unspecified atom stereocenters. The smallest absolute Gasteiger partial charge is 0.0946 e. The van der Waals surface area contributed by atoms with Gasteiger partial charge in [-0.1, -0.05) is 90.5 Å². The molecule has 1 heterocycles. The summed E-state index contributed by atoms with van der Waals surface area (Å²) in [5, 5.41) is 1.07. The first-order valence-electron chi connectivity index (χ1n) is 10.2. The van der Waals surface area contributed by atoms with Crippen LogP contribution < -0.4 is 5.73 Å². The standard InChI is InChI=1S/C28H26N2/c1-4-19(2)17-25(21-11-7-5-8-12-21)23-15-16-24-26(22-13-9-6-10-14-22)18-20(3)30-28(24)27(23)29/h4-18H,29H2,1-3H3/b19-4+,25-17-. The van der Waals surface area contributed by atoms with E-state index in [-0.39, 0.29) is 0 Å². The van der Waals surface area contributed by atoms with Gasteiger partial charge >= 0.3 is 0 Å². The van der Waals surface area contributed by atoms with Gasteiger partial charge in [-0.25, -0.2) is 0 Å². The average molecular weight is 391 g/mol. The Morgan fingerprint density at radius 1 is 0.900 bits per heavy atom. The van der Waals surface area contributed by atoms with Crippen molar-refractivity contribution in [3.63, 3.8) is 0 Å². The van der Waals surface area contributed by atoms with E-state index >= 15 is 0 Å². The molecule has 2 heteroatoms. The quantitative estimate of drug-likeness (QED) is 0.296. The number of pyridine rings is 1. The lowest BCUT2D eigenvalue weighted by atomic mass is 9.91. The van der Waals surface area contributed by atoms with Crippen LogP contribution in [0.4, 0.5) is 5.69 Å². The lowest BCUT2D eigenvalue weighted by Gasteiger charge is -2.16. The third kappa shape index (κ3) is 3.77. The van der Waals surface area contributed by atoms with Crippen molar-refractivity contribution in [2.45, 2.75) is 20.8 Å². The van der Waals surface area contributed by atoms with E-state index < -0.39 is 0 Å². The number of aryl methyl sites for hydroxylation is 1. The van der Waals surface area contributed by atoms with Crippen molar-refractivity contribution in [2.24, 2.45) is 0 Å². The molecule has 3 aromatic carbocycles. The van der Waals surface area contributed by atoms with Crippen LogP contribution >= 0.6 is 0 Å². The first-order valence-corrected chi connectivity index (χ1v) is 10.2. The molecular weight excluding hydrogens is 364 g/mol. The summed E-state index contributed by atoms with van der Waals surface area (Å²) < 4.78 is 0. The third-order valence-electron chi connectivity index (χ3n) is 5.44. The summed E-state index contributed by atoms with van der Waals surface area (Å²) in [4.78, 5) is 4.83. The lowest BCUT2D eigenvalue weighted by molar-refractivity contribution is 1.26. The molecule has 0 aliphatic rings. The van der Waals surface area contributed by atoms with Crippen molar-refractivity contribution in [2.75, 3.05) is 5.73 Å². The first-order chi connectivity index (χ1) is 14.6. The summed E-state index contributed by atoms with van der Waals surface area (Å²) >= 11 is 0. The second-order valence-corrected chi connectivity index (χ2v) is 7.56. The van der Waals surface area contributed by atoms with Crippen LogP contribution in [0.3, 0.4) is 0 Å². The predicted molar refractivity (Wildman–Crippen MR) is 129 cm³/mol. The van der Waals surface area contributed by atoms with E-state index in [0.717, 1.165) is 38.9 Å². The van der Waals surface area contributed by atoms with E-state index in [1.807, 2.05) is 19.1 Å². The van der Waals surface area contributed by atoms with Crippen molar-refractivity contribution in [1.82, 2.24) is 4.98 Å². The molecule has 0 aliphatic heterocycles. The number of nitrogens with zero attached hydrogens (tertiary/aromatic N) is 1. The van der Waals surface area contributed by atoms with Gasteiger partial charge in [0, 0.05) is 16.6 Å². The number of hydrogen-bond donors (Lipinski definition) is 1. The van der Waals surface area contributed by atoms with Gasteiger partial charge in [0.25, 0.3) is 0 Å². The Bertz CT molecular complexity index is 1250. The Labute approximate surface area is 178 Å². The van der Waals surface area contributed by atoms with E-state index in [9.17, 15) is 0 Å². The molecule has 2 nitrogen and oxygen atoms in total. The summed E-state index contributed by atoms with van der Waals surface area (Å²) in [5.41, 5.74) is 16.1. The Morgan fingerprint density at radius 3 is 2.23 bits per heavy atom. The maximum absolute atomic E-state index is 6.77. The van der Waals surface area contributed by atoms with Gasteiger partial charge in [0.15, 0.2) is 0 Å². The fraction of sp³-hybridized carbons (Fsp3) is 0.107. The first kappa shape index (κ1) is 19.7. The van der Waals surface area contributed by atoms with Gasteiger partial charge in [0.05, 0.1) is 11.2 Å². The molecule has 0 bridgehead atoms. The summed E-state index contributed by atoms with van der Waals surface area (Å²) in [6.07, 6.45) is 4.30. The monoisotopic (exact) mass is 390 g/mol. The summed E-state index contributed by atoms with van der Waals surface area (Å²) in [6.45, 7) is 6.18. The Kier molecular flexibility index (Phi) is 5.49. The van der Waals surface area contributed by atoms with Gasteiger partial charge < -0.3 is 5.73 Å². The van der Waals surface area contributed by atoms with Gasteiger partial charge in [-0.05, 0) is 49.1 Å². The van der Waals surface area contributed by atoms with Crippen LogP contribution in [0.2, 0.25) is 0 Å². The molecular formula is C28H26N2. The maximum Gasteiger partial charge on any atom is 0.0946 e. The van der Waals surface area contributed by atoms with Crippen molar-refractivity contribution < 1.29 is 0 Å². The van der Waals surface area contributed by atoms with E-state index in [1.54, 1.807) is 0 Å². The minimum atomic E-state index is 0.715. The highest BCUT2D eigenvalue weighted by atomic mass is 14.7. The molecule has 1 aromatic heterocycles. The molecule has 0 aliphatic carbocycles.